The molecule has 0 bridgehead atoms. The van der Waals surface area contributed by atoms with Crippen LogP contribution >= 0.6 is 23.1 Å². The van der Waals surface area contributed by atoms with Gasteiger partial charge in [-0.2, -0.15) is 22.1 Å². The lowest BCUT2D eigenvalue weighted by Gasteiger charge is -2.33. The molecule has 9 nitrogen and oxygen atoms in total. The maximum absolute atomic E-state index is 13.8. The van der Waals surface area contributed by atoms with E-state index < -0.39 is 0 Å². The molecule has 1 aliphatic rings. The zero-order valence-electron chi connectivity index (χ0n) is 15.9. The summed E-state index contributed by atoms with van der Waals surface area (Å²) >= 11 is 3.39. The maximum Gasteiger partial charge on any atom is 0.255 e. The van der Waals surface area contributed by atoms with Gasteiger partial charge in [-0.3, -0.25) is 9.48 Å². The van der Waals surface area contributed by atoms with Gasteiger partial charge in [0.05, 0.1) is 27.2 Å². The number of rotatable bonds is 3. The van der Waals surface area contributed by atoms with Crippen LogP contribution in [-0.4, -0.2) is 64.2 Å². The fourth-order valence-electron chi connectivity index (χ4n) is 3.69. The molecule has 1 aliphatic heterocycles. The molecule has 0 unspecified atom stereocenters. The monoisotopic (exact) mass is 426 g/mol. The summed E-state index contributed by atoms with van der Waals surface area (Å²) in [5, 5.41) is 21.7. The van der Waals surface area contributed by atoms with Crippen LogP contribution < -0.4 is 0 Å². The molecule has 29 heavy (non-hydrogen) atoms. The molecule has 5 rings (SSSR count). The van der Waals surface area contributed by atoms with E-state index in [1.54, 1.807) is 27.8 Å². The lowest BCUT2D eigenvalue weighted by atomic mass is 10.1. The fourth-order valence-corrected chi connectivity index (χ4v) is 5.42. The summed E-state index contributed by atoms with van der Waals surface area (Å²) in [5.74, 6) is 2.10. The van der Waals surface area contributed by atoms with Crippen molar-refractivity contribution in [2.45, 2.75) is 13.0 Å². The molecule has 0 spiro atoms. The van der Waals surface area contributed by atoms with E-state index in [0.29, 0.717) is 23.6 Å². The van der Waals surface area contributed by atoms with Gasteiger partial charge in [-0.15, -0.1) is 21.5 Å². The van der Waals surface area contributed by atoms with Crippen LogP contribution in [0.4, 0.5) is 0 Å². The third-order valence-electron chi connectivity index (χ3n) is 5.02. The van der Waals surface area contributed by atoms with E-state index in [-0.39, 0.29) is 11.9 Å². The van der Waals surface area contributed by atoms with Crippen molar-refractivity contribution in [1.82, 2.24) is 40.3 Å². The van der Waals surface area contributed by atoms with Crippen molar-refractivity contribution in [3.8, 4) is 10.6 Å². The average Bonchev–Trinajstić information content (AvgIpc) is 3.50. The lowest BCUT2D eigenvalue weighted by molar-refractivity contribution is 0.0696. The normalized spacial score (nSPS) is 17.2. The molecule has 148 valence electrons. The van der Waals surface area contributed by atoms with Crippen molar-refractivity contribution in [3.63, 3.8) is 0 Å². The molecule has 4 aromatic heterocycles. The van der Waals surface area contributed by atoms with Crippen LogP contribution in [0.2, 0.25) is 0 Å². The number of H-pyrrole nitrogens is 1. The summed E-state index contributed by atoms with van der Waals surface area (Å²) < 4.78 is 1.74. The zero-order chi connectivity index (χ0) is 20.0. The molecule has 0 aliphatic carbocycles. The number of fused-ring (bicyclic) bond motifs is 1. The van der Waals surface area contributed by atoms with Gasteiger partial charge in [0.15, 0.2) is 11.5 Å². The Morgan fingerprint density at radius 1 is 1.38 bits per heavy atom. The van der Waals surface area contributed by atoms with Gasteiger partial charge < -0.3 is 4.90 Å². The second-order valence-corrected chi connectivity index (χ2v) is 8.90. The van der Waals surface area contributed by atoms with E-state index in [1.807, 2.05) is 42.5 Å². The Morgan fingerprint density at radius 2 is 2.28 bits per heavy atom. The van der Waals surface area contributed by atoms with Crippen molar-refractivity contribution in [2.24, 2.45) is 7.05 Å². The van der Waals surface area contributed by atoms with E-state index in [1.165, 1.54) is 0 Å². The molecule has 1 atom stereocenters. The number of hydrogen-bond donors (Lipinski definition) is 1. The Bertz CT molecular complexity index is 1170. The van der Waals surface area contributed by atoms with Gasteiger partial charge in [0, 0.05) is 25.1 Å². The van der Waals surface area contributed by atoms with Crippen LogP contribution in [0.25, 0.3) is 21.6 Å². The largest absolute Gasteiger partial charge is 0.327 e. The molecule has 0 saturated carbocycles. The molecule has 0 radical (unpaired) electrons. The SMILES string of the molecule is Cc1nn(C)c2nc(-c3cccs3)cc(C(=O)N3CCSC[C@@H]3c3nn[nH]n3)c12. The predicted octanol–water partition coefficient (Wildman–Crippen LogP) is 2.45. The van der Waals surface area contributed by atoms with Gasteiger partial charge >= 0.3 is 0 Å². The van der Waals surface area contributed by atoms with E-state index in [9.17, 15) is 4.79 Å². The van der Waals surface area contributed by atoms with Gasteiger partial charge in [0.2, 0.25) is 0 Å². The number of aromatic nitrogens is 7. The summed E-state index contributed by atoms with van der Waals surface area (Å²) in [6, 6.07) is 5.66. The third-order valence-corrected chi connectivity index (χ3v) is 6.94. The zero-order valence-corrected chi connectivity index (χ0v) is 17.5. The first-order valence-electron chi connectivity index (χ1n) is 9.14. The number of pyridine rings is 1. The minimum atomic E-state index is -0.217. The minimum absolute atomic E-state index is 0.0543. The molecule has 5 heterocycles. The highest BCUT2D eigenvalue weighted by molar-refractivity contribution is 7.99. The summed E-state index contributed by atoms with van der Waals surface area (Å²) in [6.07, 6.45) is 0. The van der Waals surface area contributed by atoms with Crippen molar-refractivity contribution >= 4 is 40.0 Å². The Hall–Kier alpha value is -2.79. The van der Waals surface area contributed by atoms with Crippen molar-refractivity contribution in [3.05, 3.63) is 40.7 Å². The number of carbonyl (C=O) groups excluding carboxylic acids is 1. The van der Waals surface area contributed by atoms with Gasteiger partial charge in [0.25, 0.3) is 5.91 Å². The highest BCUT2D eigenvalue weighted by Gasteiger charge is 2.33. The number of tetrazole rings is 1. The van der Waals surface area contributed by atoms with Crippen LogP contribution in [0.15, 0.2) is 23.6 Å². The van der Waals surface area contributed by atoms with Crippen molar-refractivity contribution < 1.29 is 4.79 Å². The summed E-state index contributed by atoms with van der Waals surface area (Å²) in [5.41, 5.74) is 2.89. The van der Waals surface area contributed by atoms with Crippen LogP contribution in [0, 0.1) is 6.92 Å². The van der Waals surface area contributed by atoms with E-state index in [4.69, 9.17) is 4.98 Å². The second kappa shape index (κ2) is 7.23. The van der Waals surface area contributed by atoms with Gasteiger partial charge in [-0.25, -0.2) is 4.98 Å². The quantitative estimate of drug-likeness (QED) is 0.536. The summed E-state index contributed by atoms with van der Waals surface area (Å²) in [7, 11) is 1.86. The molecule has 1 fully saturated rings. The second-order valence-electron chi connectivity index (χ2n) is 6.80. The molecule has 11 heteroatoms. The minimum Gasteiger partial charge on any atom is -0.327 e. The molecule has 1 saturated heterocycles. The number of nitrogens with one attached hydrogen (secondary N) is 1. The standard InChI is InChI=1S/C18H18N8OS2/c1-10-15-11(8-12(14-4-3-6-29-14)19-17(15)25(2)22-10)18(27)26-5-7-28-9-13(26)16-20-23-24-21-16/h3-4,6,8,13H,5,7,9H2,1-2H3,(H,20,21,23,24)/t13-/m1/s1. The maximum atomic E-state index is 13.8. The number of aryl methyl sites for hydroxylation is 2. The number of nitrogens with zero attached hydrogens (tertiary/aromatic N) is 7. The van der Waals surface area contributed by atoms with Crippen LogP contribution in [-0.2, 0) is 7.05 Å². The number of carbonyl (C=O) groups is 1. The number of thiophene rings is 1. The van der Waals surface area contributed by atoms with Gasteiger partial charge in [-0.05, 0) is 24.4 Å². The first kappa shape index (κ1) is 18.3. The molecule has 1 N–H and O–H groups in total. The van der Waals surface area contributed by atoms with Crippen molar-refractivity contribution in [2.75, 3.05) is 18.1 Å². The van der Waals surface area contributed by atoms with Crippen LogP contribution in [0.3, 0.4) is 0 Å². The van der Waals surface area contributed by atoms with Crippen LogP contribution in [0.1, 0.15) is 27.9 Å². The molecular weight excluding hydrogens is 408 g/mol. The molecule has 1 amide bonds. The Kier molecular flexibility index (Phi) is 4.55. The van der Waals surface area contributed by atoms with E-state index >= 15 is 0 Å². The predicted molar refractivity (Wildman–Crippen MR) is 112 cm³/mol. The third kappa shape index (κ3) is 3.10. The summed E-state index contributed by atoms with van der Waals surface area (Å²) in [4.78, 5) is 21.4. The highest BCUT2D eigenvalue weighted by Crippen LogP contribution is 2.33. The first-order chi connectivity index (χ1) is 14.1. The van der Waals surface area contributed by atoms with E-state index in [0.717, 1.165) is 33.2 Å². The van der Waals surface area contributed by atoms with Crippen molar-refractivity contribution in [1.29, 1.82) is 0 Å². The van der Waals surface area contributed by atoms with Gasteiger partial charge in [0.1, 0.15) is 6.04 Å². The first-order valence-corrected chi connectivity index (χ1v) is 11.2. The molecular formula is C18H18N8OS2. The lowest BCUT2D eigenvalue weighted by Crippen LogP contribution is -2.41. The van der Waals surface area contributed by atoms with Gasteiger partial charge in [-0.1, -0.05) is 11.3 Å². The number of hydrogen-bond acceptors (Lipinski definition) is 8. The average molecular weight is 427 g/mol. The Balaban J connectivity index is 1.66. The van der Waals surface area contributed by atoms with Crippen LogP contribution in [0.5, 0.6) is 0 Å². The fraction of sp³-hybridized carbons (Fsp3) is 0.333. The molecule has 0 aromatic carbocycles. The Labute approximate surface area is 174 Å². The Morgan fingerprint density at radius 3 is 3.03 bits per heavy atom. The number of aromatic amines is 1. The molecule has 4 aromatic rings. The smallest absolute Gasteiger partial charge is 0.255 e. The highest BCUT2D eigenvalue weighted by atomic mass is 32.2. The number of thioether (sulfide) groups is 1. The van der Waals surface area contributed by atoms with E-state index in [2.05, 4.69) is 25.7 Å². The topological polar surface area (TPSA) is 105 Å². The number of amides is 1. The summed E-state index contributed by atoms with van der Waals surface area (Å²) in [6.45, 7) is 2.54.